The fourth-order valence-corrected chi connectivity index (χ4v) is 2.68. The number of sulfone groups is 1. The maximum atomic E-state index is 14.1. The Bertz CT molecular complexity index is 580. The van der Waals surface area contributed by atoms with Gasteiger partial charge < -0.3 is 9.84 Å². The maximum absolute atomic E-state index is 14.1. The summed E-state index contributed by atoms with van der Waals surface area (Å²) in [6.07, 6.45) is 1.20. The summed E-state index contributed by atoms with van der Waals surface area (Å²) in [4.78, 5) is 9.91. The molecule has 7 heteroatoms. The third-order valence-corrected chi connectivity index (χ3v) is 3.69. The van der Waals surface area contributed by atoms with Crippen LogP contribution in [-0.2, 0) is 21.1 Å². The number of carboxylic acid groups (broad SMARTS) is 1. The molecule has 0 saturated carbocycles. The molecule has 1 N–H and O–H groups in total. The smallest absolute Gasteiger partial charge is 0.303 e. The van der Waals surface area contributed by atoms with E-state index in [9.17, 15) is 17.6 Å². The molecule has 0 saturated heterocycles. The maximum Gasteiger partial charge on any atom is 0.303 e. The topological polar surface area (TPSA) is 80.7 Å². The second kappa shape index (κ2) is 6.01. The number of carbonyl (C=O) groups is 1. The van der Waals surface area contributed by atoms with Crippen molar-refractivity contribution in [2.75, 3.05) is 13.4 Å². The molecule has 0 atom stereocenters. The SMILES string of the molecule is COc1ccc(CCCC(=O)O)c(F)c1S(C)(=O)=O. The normalized spacial score (nSPS) is 11.3. The molecule has 0 radical (unpaired) electrons. The molecule has 0 amide bonds. The summed E-state index contributed by atoms with van der Waals surface area (Å²) in [5.74, 6) is -1.90. The second-order valence-corrected chi connectivity index (χ2v) is 6.04. The molecule has 0 heterocycles. The van der Waals surface area contributed by atoms with Gasteiger partial charge in [0.2, 0.25) is 0 Å². The number of carboxylic acids is 1. The van der Waals surface area contributed by atoms with Crippen molar-refractivity contribution < 1.29 is 27.4 Å². The Morgan fingerprint density at radius 2 is 2.05 bits per heavy atom. The highest BCUT2D eigenvalue weighted by Crippen LogP contribution is 2.29. The van der Waals surface area contributed by atoms with Crippen LogP contribution in [0, 0.1) is 5.82 Å². The number of hydrogen-bond donors (Lipinski definition) is 1. The Hall–Kier alpha value is -1.63. The number of aryl methyl sites for hydroxylation is 1. The lowest BCUT2D eigenvalue weighted by atomic mass is 10.1. The van der Waals surface area contributed by atoms with E-state index in [4.69, 9.17) is 9.84 Å². The van der Waals surface area contributed by atoms with Gasteiger partial charge in [-0.15, -0.1) is 0 Å². The number of aliphatic carboxylic acids is 1. The molecule has 5 nitrogen and oxygen atoms in total. The number of ether oxygens (including phenoxy) is 1. The van der Waals surface area contributed by atoms with Gasteiger partial charge in [0.1, 0.15) is 16.5 Å². The average molecular weight is 290 g/mol. The van der Waals surface area contributed by atoms with Crippen LogP contribution < -0.4 is 4.74 Å². The summed E-state index contributed by atoms with van der Waals surface area (Å²) < 4.78 is 42.1. The van der Waals surface area contributed by atoms with Gasteiger partial charge in [0.15, 0.2) is 9.84 Å². The van der Waals surface area contributed by atoms with Crippen LogP contribution in [0.1, 0.15) is 18.4 Å². The van der Waals surface area contributed by atoms with Crippen molar-refractivity contribution in [2.45, 2.75) is 24.2 Å². The van der Waals surface area contributed by atoms with Gasteiger partial charge in [-0.05, 0) is 24.5 Å². The average Bonchev–Trinajstić information content (AvgIpc) is 2.28. The van der Waals surface area contributed by atoms with E-state index in [1.165, 1.54) is 19.2 Å². The van der Waals surface area contributed by atoms with E-state index in [1.807, 2.05) is 0 Å². The number of benzene rings is 1. The van der Waals surface area contributed by atoms with Crippen molar-refractivity contribution >= 4 is 15.8 Å². The van der Waals surface area contributed by atoms with Crippen LogP contribution in [0.2, 0.25) is 0 Å². The van der Waals surface area contributed by atoms with Crippen molar-refractivity contribution in [1.29, 1.82) is 0 Å². The summed E-state index contributed by atoms with van der Waals surface area (Å²) in [6.45, 7) is 0. The zero-order valence-electron chi connectivity index (χ0n) is 10.6. The van der Waals surface area contributed by atoms with Gasteiger partial charge in [-0.2, -0.15) is 0 Å². The standard InChI is InChI=1S/C12H15FO5S/c1-18-9-7-6-8(4-3-5-10(14)15)11(13)12(9)19(2,16)17/h6-7H,3-5H2,1-2H3,(H,14,15). The highest BCUT2D eigenvalue weighted by Gasteiger charge is 2.22. The summed E-state index contributed by atoms with van der Waals surface area (Å²) >= 11 is 0. The molecule has 0 aliphatic heterocycles. The summed E-state index contributed by atoms with van der Waals surface area (Å²) in [7, 11) is -2.50. The largest absolute Gasteiger partial charge is 0.495 e. The van der Waals surface area contributed by atoms with Crippen LogP contribution in [0.15, 0.2) is 17.0 Å². The lowest BCUT2D eigenvalue weighted by Crippen LogP contribution is -2.07. The lowest BCUT2D eigenvalue weighted by Gasteiger charge is -2.11. The van der Waals surface area contributed by atoms with Crippen LogP contribution in [-0.4, -0.2) is 32.9 Å². The van der Waals surface area contributed by atoms with Crippen LogP contribution in [0.3, 0.4) is 0 Å². The second-order valence-electron chi connectivity index (χ2n) is 4.09. The van der Waals surface area contributed by atoms with Crippen molar-refractivity contribution in [3.63, 3.8) is 0 Å². The first kappa shape index (κ1) is 15.4. The zero-order chi connectivity index (χ0) is 14.6. The van der Waals surface area contributed by atoms with E-state index in [0.29, 0.717) is 0 Å². The fourth-order valence-electron chi connectivity index (χ4n) is 1.71. The first-order valence-corrected chi connectivity index (χ1v) is 7.43. The molecule has 0 aliphatic carbocycles. The van der Waals surface area contributed by atoms with E-state index in [1.54, 1.807) is 0 Å². The molecule has 1 aromatic rings. The van der Waals surface area contributed by atoms with E-state index >= 15 is 0 Å². The van der Waals surface area contributed by atoms with Crippen molar-refractivity contribution in [2.24, 2.45) is 0 Å². The molecule has 0 bridgehead atoms. The monoisotopic (exact) mass is 290 g/mol. The Morgan fingerprint density at radius 1 is 1.42 bits per heavy atom. The Labute approximate surface area is 110 Å². The lowest BCUT2D eigenvalue weighted by molar-refractivity contribution is -0.137. The van der Waals surface area contributed by atoms with E-state index < -0.39 is 26.5 Å². The molecule has 0 fully saturated rings. The number of hydrogen-bond acceptors (Lipinski definition) is 4. The molecule has 0 spiro atoms. The van der Waals surface area contributed by atoms with Gasteiger partial charge >= 0.3 is 5.97 Å². The predicted octanol–water partition coefficient (Wildman–Crippen LogP) is 1.65. The number of rotatable bonds is 6. The number of methoxy groups -OCH3 is 1. The zero-order valence-corrected chi connectivity index (χ0v) is 11.5. The molecule has 1 rings (SSSR count). The van der Waals surface area contributed by atoms with Gasteiger partial charge in [-0.25, -0.2) is 12.8 Å². The van der Waals surface area contributed by atoms with Gasteiger partial charge in [0, 0.05) is 12.7 Å². The van der Waals surface area contributed by atoms with Gasteiger partial charge in [-0.1, -0.05) is 6.07 Å². The Morgan fingerprint density at radius 3 is 2.53 bits per heavy atom. The van der Waals surface area contributed by atoms with Crippen LogP contribution in [0.25, 0.3) is 0 Å². The molecule has 1 aromatic carbocycles. The minimum Gasteiger partial charge on any atom is -0.495 e. The molecular weight excluding hydrogens is 275 g/mol. The van der Waals surface area contributed by atoms with Crippen LogP contribution in [0.5, 0.6) is 5.75 Å². The van der Waals surface area contributed by atoms with Gasteiger partial charge in [-0.3, -0.25) is 4.79 Å². The molecule has 106 valence electrons. The third kappa shape index (κ3) is 3.92. The van der Waals surface area contributed by atoms with Crippen LogP contribution >= 0.6 is 0 Å². The molecule has 0 aromatic heterocycles. The van der Waals surface area contributed by atoms with E-state index in [0.717, 1.165) is 6.26 Å². The highest BCUT2D eigenvalue weighted by atomic mass is 32.2. The van der Waals surface area contributed by atoms with E-state index in [-0.39, 0.29) is 30.6 Å². The molecule has 0 aliphatic rings. The highest BCUT2D eigenvalue weighted by molar-refractivity contribution is 7.90. The summed E-state index contributed by atoms with van der Waals surface area (Å²) in [5, 5.41) is 8.52. The first-order chi connectivity index (χ1) is 8.77. The third-order valence-electron chi connectivity index (χ3n) is 2.57. The van der Waals surface area contributed by atoms with Crippen LogP contribution in [0.4, 0.5) is 4.39 Å². The Balaban J connectivity index is 3.13. The van der Waals surface area contributed by atoms with Crippen molar-refractivity contribution in [3.8, 4) is 5.75 Å². The first-order valence-electron chi connectivity index (χ1n) is 5.54. The quantitative estimate of drug-likeness (QED) is 0.861. The minimum absolute atomic E-state index is 0.0537. The summed E-state index contributed by atoms with van der Waals surface area (Å²) in [5.41, 5.74) is 0.169. The predicted molar refractivity (Wildman–Crippen MR) is 66.6 cm³/mol. The van der Waals surface area contributed by atoms with E-state index in [2.05, 4.69) is 0 Å². The molecular formula is C12H15FO5S. The molecule has 19 heavy (non-hydrogen) atoms. The van der Waals surface area contributed by atoms with Gasteiger partial charge in [0.05, 0.1) is 7.11 Å². The van der Waals surface area contributed by atoms with Gasteiger partial charge in [0.25, 0.3) is 0 Å². The van der Waals surface area contributed by atoms with Crippen molar-refractivity contribution in [1.82, 2.24) is 0 Å². The minimum atomic E-state index is -3.76. The number of halogens is 1. The summed E-state index contributed by atoms with van der Waals surface area (Å²) in [6, 6.07) is 2.78. The Kier molecular flexibility index (Phi) is 4.88. The fraction of sp³-hybridized carbons (Fsp3) is 0.417. The van der Waals surface area contributed by atoms with Crippen molar-refractivity contribution in [3.05, 3.63) is 23.5 Å². The molecule has 0 unspecified atom stereocenters.